The Morgan fingerprint density at radius 3 is 1.33 bits per heavy atom. The van der Waals surface area contributed by atoms with Crippen molar-refractivity contribution in [3.05, 3.63) is 17.7 Å². The lowest BCUT2D eigenvalue weighted by Crippen LogP contribution is -2.16. The number of unbranched alkanes of at least 4 members (excludes halogenated alkanes) is 6. The molecule has 0 fully saturated rings. The average Bonchev–Trinajstić information content (AvgIpc) is 2.76. The first-order valence-electron chi connectivity index (χ1n) is 11.9. The lowest BCUT2D eigenvalue weighted by atomic mass is 10.1. The zero-order valence-electron chi connectivity index (χ0n) is 19.9. The second-order valence-corrected chi connectivity index (χ2v) is 7.90. The Bertz CT molecular complexity index is 755. The van der Waals surface area contributed by atoms with Crippen LogP contribution in [0.1, 0.15) is 108 Å². The molecule has 1 aromatic carbocycles. The summed E-state index contributed by atoms with van der Waals surface area (Å²) < 4.78 is 16.1. The molecule has 0 bridgehead atoms. The minimum Gasteiger partial charge on any atom is -0.478 e. The highest BCUT2D eigenvalue weighted by Gasteiger charge is 2.24. The molecular formula is C25H36O8. The minimum absolute atomic E-state index is 0.126. The highest BCUT2D eigenvalue weighted by Crippen LogP contribution is 2.40. The van der Waals surface area contributed by atoms with Gasteiger partial charge in [0, 0.05) is 19.3 Å². The Morgan fingerprint density at radius 2 is 1.00 bits per heavy atom. The number of esters is 3. The second kappa shape index (κ2) is 15.8. The summed E-state index contributed by atoms with van der Waals surface area (Å²) in [6, 6.07) is 2.20. The Balaban J connectivity index is 3.25. The molecule has 1 N–H and O–H groups in total. The van der Waals surface area contributed by atoms with Crippen LogP contribution in [0.15, 0.2) is 12.1 Å². The van der Waals surface area contributed by atoms with Gasteiger partial charge in [0.2, 0.25) is 5.75 Å². The van der Waals surface area contributed by atoms with E-state index in [0.29, 0.717) is 19.3 Å². The van der Waals surface area contributed by atoms with Crippen LogP contribution >= 0.6 is 0 Å². The van der Waals surface area contributed by atoms with Crippen molar-refractivity contribution in [3.8, 4) is 17.2 Å². The molecule has 0 atom stereocenters. The molecule has 8 heteroatoms. The molecule has 0 radical (unpaired) electrons. The van der Waals surface area contributed by atoms with Gasteiger partial charge in [0.05, 0.1) is 5.56 Å². The molecule has 0 amide bonds. The zero-order chi connectivity index (χ0) is 24.6. The van der Waals surface area contributed by atoms with Gasteiger partial charge in [-0.15, -0.1) is 0 Å². The summed E-state index contributed by atoms with van der Waals surface area (Å²) in [4.78, 5) is 48.6. The third kappa shape index (κ3) is 11.0. The average molecular weight is 465 g/mol. The van der Waals surface area contributed by atoms with Gasteiger partial charge in [-0.2, -0.15) is 0 Å². The van der Waals surface area contributed by atoms with Crippen molar-refractivity contribution in [2.24, 2.45) is 0 Å². The first-order valence-corrected chi connectivity index (χ1v) is 11.9. The Kier molecular flexibility index (Phi) is 13.5. The number of carbonyl (C=O) groups excluding carboxylic acids is 3. The summed E-state index contributed by atoms with van der Waals surface area (Å²) in [7, 11) is 0. The summed E-state index contributed by atoms with van der Waals surface area (Å²) >= 11 is 0. The quantitative estimate of drug-likeness (QED) is 0.184. The van der Waals surface area contributed by atoms with Crippen molar-refractivity contribution in [2.45, 2.75) is 97.8 Å². The Labute approximate surface area is 195 Å². The number of carboxylic acids is 1. The fraction of sp³-hybridized carbons (Fsp3) is 0.600. The molecule has 0 heterocycles. The van der Waals surface area contributed by atoms with E-state index in [1.54, 1.807) is 0 Å². The standard InChI is InChI=1S/C25H36O8/c1-4-7-10-13-21(26)31-19-16-18(25(29)30)17-20(32-22(27)14-11-8-5-2)24(19)33-23(28)15-12-9-6-3/h16-17H,4-15H2,1-3H3,(H,29,30). The lowest BCUT2D eigenvalue weighted by Gasteiger charge is -2.16. The Hall–Kier alpha value is -2.90. The van der Waals surface area contributed by atoms with E-state index in [1.807, 2.05) is 20.8 Å². The number of hydrogen-bond acceptors (Lipinski definition) is 7. The van der Waals surface area contributed by atoms with Crippen molar-refractivity contribution < 1.29 is 38.5 Å². The normalized spacial score (nSPS) is 10.5. The molecule has 0 saturated carbocycles. The fourth-order valence-corrected chi connectivity index (χ4v) is 3.02. The molecule has 0 unspecified atom stereocenters. The van der Waals surface area contributed by atoms with Gasteiger partial charge in [-0.3, -0.25) is 14.4 Å². The lowest BCUT2D eigenvalue weighted by molar-refractivity contribution is -0.138. The van der Waals surface area contributed by atoms with E-state index in [4.69, 9.17) is 14.2 Å². The van der Waals surface area contributed by atoms with Crippen LogP contribution in [0.5, 0.6) is 17.2 Å². The van der Waals surface area contributed by atoms with Gasteiger partial charge in [0.1, 0.15) is 0 Å². The maximum absolute atomic E-state index is 12.4. The summed E-state index contributed by atoms with van der Waals surface area (Å²) in [5, 5.41) is 9.48. The van der Waals surface area contributed by atoms with Gasteiger partial charge in [0.15, 0.2) is 11.5 Å². The second-order valence-electron chi connectivity index (χ2n) is 7.90. The largest absolute Gasteiger partial charge is 0.478 e. The molecule has 33 heavy (non-hydrogen) atoms. The first-order chi connectivity index (χ1) is 15.8. The van der Waals surface area contributed by atoms with Crippen LogP contribution in [-0.2, 0) is 14.4 Å². The zero-order valence-corrected chi connectivity index (χ0v) is 19.9. The van der Waals surface area contributed by atoms with E-state index in [-0.39, 0.29) is 42.1 Å². The van der Waals surface area contributed by atoms with E-state index in [0.717, 1.165) is 50.7 Å². The monoisotopic (exact) mass is 464 g/mol. The molecular weight excluding hydrogens is 428 g/mol. The molecule has 0 aliphatic carbocycles. The Morgan fingerprint density at radius 1 is 0.636 bits per heavy atom. The third-order valence-electron chi connectivity index (χ3n) is 4.88. The third-order valence-corrected chi connectivity index (χ3v) is 4.88. The van der Waals surface area contributed by atoms with Crippen molar-refractivity contribution in [1.29, 1.82) is 0 Å². The van der Waals surface area contributed by atoms with E-state index in [2.05, 4.69) is 0 Å². The summed E-state index contributed by atoms with van der Waals surface area (Å²) in [5.74, 6) is -3.83. The van der Waals surface area contributed by atoms with Crippen LogP contribution in [0.3, 0.4) is 0 Å². The van der Waals surface area contributed by atoms with Gasteiger partial charge in [-0.25, -0.2) is 4.79 Å². The SMILES string of the molecule is CCCCCC(=O)Oc1cc(C(=O)O)cc(OC(=O)CCCCC)c1OC(=O)CCCCC. The molecule has 184 valence electrons. The van der Waals surface area contributed by atoms with Crippen LogP contribution < -0.4 is 14.2 Å². The number of carboxylic acid groups (broad SMARTS) is 1. The van der Waals surface area contributed by atoms with E-state index in [9.17, 15) is 24.3 Å². The van der Waals surface area contributed by atoms with Gasteiger partial charge in [-0.1, -0.05) is 59.3 Å². The van der Waals surface area contributed by atoms with E-state index >= 15 is 0 Å². The van der Waals surface area contributed by atoms with Gasteiger partial charge >= 0.3 is 23.9 Å². The topological polar surface area (TPSA) is 116 Å². The maximum Gasteiger partial charge on any atom is 0.335 e. The van der Waals surface area contributed by atoms with Crippen LogP contribution in [0.2, 0.25) is 0 Å². The van der Waals surface area contributed by atoms with Crippen molar-refractivity contribution in [3.63, 3.8) is 0 Å². The van der Waals surface area contributed by atoms with Gasteiger partial charge < -0.3 is 19.3 Å². The number of rotatable bonds is 16. The molecule has 0 aliphatic rings. The van der Waals surface area contributed by atoms with Crippen LogP contribution in [0.25, 0.3) is 0 Å². The highest BCUT2D eigenvalue weighted by atomic mass is 16.6. The first kappa shape index (κ1) is 28.1. The molecule has 1 rings (SSSR count). The number of aromatic carboxylic acids is 1. The molecule has 0 saturated heterocycles. The number of hydrogen-bond donors (Lipinski definition) is 1. The molecule has 1 aromatic rings. The molecule has 0 aromatic heterocycles. The van der Waals surface area contributed by atoms with Crippen LogP contribution in [-0.4, -0.2) is 29.0 Å². The van der Waals surface area contributed by atoms with Crippen molar-refractivity contribution >= 4 is 23.9 Å². The summed E-state index contributed by atoms with van der Waals surface area (Å²) in [5.41, 5.74) is -0.256. The van der Waals surface area contributed by atoms with Crippen molar-refractivity contribution in [2.75, 3.05) is 0 Å². The van der Waals surface area contributed by atoms with Crippen LogP contribution in [0.4, 0.5) is 0 Å². The predicted molar refractivity (Wildman–Crippen MR) is 123 cm³/mol. The highest BCUT2D eigenvalue weighted by molar-refractivity contribution is 5.91. The van der Waals surface area contributed by atoms with Gasteiger partial charge in [-0.05, 0) is 31.4 Å². The molecule has 8 nitrogen and oxygen atoms in total. The van der Waals surface area contributed by atoms with E-state index in [1.165, 1.54) is 0 Å². The molecule has 0 aliphatic heterocycles. The fourth-order valence-electron chi connectivity index (χ4n) is 3.02. The summed E-state index contributed by atoms with van der Waals surface area (Å²) in [6.45, 7) is 6.00. The number of carbonyl (C=O) groups is 4. The number of benzene rings is 1. The van der Waals surface area contributed by atoms with Crippen molar-refractivity contribution in [1.82, 2.24) is 0 Å². The minimum atomic E-state index is -1.30. The smallest absolute Gasteiger partial charge is 0.335 e. The predicted octanol–water partition coefficient (Wildman–Crippen LogP) is 5.84. The summed E-state index contributed by atoms with van der Waals surface area (Å²) in [6.07, 6.45) is 7.48. The van der Waals surface area contributed by atoms with Gasteiger partial charge in [0.25, 0.3) is 0 Å². The molecule has 0 spiro atoms. The van der Waals surface area contributed by atoms with Crippen LogP contribution in [0, 0.1) is 0 Å². The van der Waals surface area contributed by atoms with E-state index < -0.39 is 23.9 Å². The maximum atomic E-state index is 12.4. The number of ether oxygens (including phenoxy) is 3.